The van der Waals surface area contributed by atoms with Crippen molar-refractivity contribution in [3.8, 4) is 5.75 Å². The Balaban J connectivity index is 1.13. The van der Waals surface area contributed by atoms with E-state index in [4.69, 9.17) is 14.0 Å². The fraction of sp³-hybridized carbons (Fsp3) is 0.583. The Morgan fingerprint density at radius 1 is 1.18 bits per heavy atom. The topological polar surface area (TPSA) is 98.0 Å². The second kappa shape index (κ2) is 9.51. The summed E-state index contributed by atoms with van der Waals surface area (Å²) < 4.78 is 16.5. The van der Waals surface area contributed by atoms with Crippen LogP contribution in [0.25, 0.3) is 0 Å². The van der Waals surface area contributed by atoms with Crippen molar-refractivity contribution in [2.24, 2.45) is 0 Å². The lowest BCUT2D eigenvalue weighted by Crippen LogP contribution is -2.40. The minimum absolute atomic E-state index is 0.0395. The zero-order valence-electron chi connectivity index (χ0n) is 19.0. The molecule has 0 radical (unpaired) electrons. The molecule has 4 heterocycles. The number of likely N-dealkylation sites (tertiary alicyclic amines) is 1. The van der Waals surface area contributed by atoms with Gasteiger partial charge in [-0.3, -0.25) is 9.59 Å². The largest absolute Gasteiger partial charge is 0.482 e. The average Bonchev–Trinajstić information content (AvgIpc) is 3.51. The number of aryl methyl sites for hydroxylation is 1. The number of ether oxygens (including phenoxy) is 2. The third-order valence-corrected chi connectivity index (χ3v) is 6.76. The predicted octanol–water partition coefficient (Wildman–Crippen LogP) is 2.79. The molecule has 0 aliphatic carbocycles. The van der Waals surface area contributed by atoms with Crippen molar-refractivity contribution in [3.63, 3.8) is 0 Å². The molecule has 1 aromatic heterocycles. The van der Waals surface area contributed by atoms with Crippen molar-refractivity contribution >= 4 is 17.5 Å². The smallest absolute Gasteiger partial charge is 0.265 e. The highest BCUT2D eigenvalue weighted by Gasteiger charge is 2.32. The van der Waals surface area contributed by atoms with Gasteiger partial charge in [0.1, 0.15) is 5.75 Å². The highest BCUT2D eigenvalue weighted by atomic mass is 16.5. The van der Waals surface area contributed by atoms with Crippen molar-refractivity contribution in [2.75, 3.05) is 44.4 Å². The van der Waals surface area contributed by atoms with Crippen molar-refractivity contribution in [3.05, 3.63) is 35.5 Å². The Hall–Kier alpha value is -2.94. The zero-order chi connectivity index (χ0) is 22.8. The average molecular weight is 455 g/mol. The van der Waals surface area contributed by atoms with Crippen molar-refractivity contribution < 1.29 is 23.6 Å². The lowest BCUT2D eigenvalue weighted by Gasteiger charge is -2.29. The molecule has 2 aromatic rings. The van der Waals surface area contributed by atoms with Gasteiger partial charge in [-0.1, -0.05) is 11.2 Å². The second-order valence-electron chi connectivity index (χ2n) is 9.11. The van der Waals surface area contributed by atoms with Gasteiger partial charge < -0.3 is 23.8 Å². The maximum Gasteiger partial charge on any atom is 0.265 e. The maximum absolute atomic E-state index is 12.8. The first kappa shape index (κ1) is 21.9. The van der Waals surface area contributed by atoms with E-state index >= 15 is 0 Å². The summed E-state index contributed by atoms with van der Waals surface area (Å²) in [5, 5.41) is 4.19. The number of carbonyl (C=O) groups excluding carboxylic acids is 2. The van der Waals surface area contributed by atoms with Crippen LogP contribution in [0.3, 0.4) is 0 Å². The number of benzene rings is 1. The van der Waals surface area contributed by atoms with Crippen LogP contribution in [-0.4, -0.2) is 66.3 Å². The van der Waals surface area contributed by atoms with E-state index < -0.39 is 0 Å². The van der Waals surface area contributed by atoms with Gasteiger partial charge in [0, 0.05) is 45.2 Å². The molecule has 33 heavy (non-hydrogen) atoms. The second-order valence-corrected chi connectivity index (χ2v) is 9.11. The van der Waals surface area contributed by atoms with Gasteiger partial charge in [-0.05, 0) is 50.3 Å². The van der Waals surface area contributed by atoms with Crippen molar-refractivity contribution in [2.45, 2.75) is 50.9 Å². The Labute approximate surface area is 193 Å². The Kier molecular flexibility index (Phi) is 6.30. The molecule has 9 nitrogen and oxygen atoms in total. The van der Waals surface area contributed by atoms with E-state index in [1.165, 1.54) is 0 Å². The molecule has 1 unspecified atom stereocenters. The van der Waals surface area contributed by atoms with E-state index in [2.05, 4.69) is 10.1 Å². The molecule has 1 atom stereocenters. The van der Waals surface area contributed by atoms with E-state index in [-0.39, 0.29) is 24.3 Å². The minimum atomic E-state index is -0.0708. The van der Waals surface area contributed by atoms with Crippen LogP contribution in [0.2, 0.25) is 0 Å². The van der Waals surface area contributed by atoms with Gasteiger partial charge in [-0.25, -0.2) is 0 Å². The zero-order valence-corrected chi connectivity index (χ0v) is 19.0. The van der Waals surface area contributed by atoms with Crippen LogP contribution in [0.4, 0.5) is 5.69 Å². The van der Waals surface area contributed by atoms with E-state index in [0.29, 0.717) is 50.0 Å². The number of amides is 2. The monoisotopic (exact) mass is 454 g/mol. The number of anilines is 1. The molecule has 2 fully saturated rings. The fourth-order valence-corrected chi connectivity index (χ4v) is 4.83. The van der Waals surface area contributed by atoms with Gasteiger partial charge in [0.25, 0.3) is 5.91 Å². The molecule has 2 saturated heterocycles. The number of hydrogen-bond acceptors (Lipinski definition) is 7. The Morgan fingerprint density at radius 2 is 2.03 bits per heavy atom. The minimum Gasteiger partial charge on any atom is -0.482 e. The molecular weight excluding hydrogens is 424 g/mol. The highest BCUT2D eigenvalue weighted by molar-refractivity contribution is 5.98. The van der Waals surface area contributed by atoms with Crippen LogP contribution < -0.4 is 9.64 Å². The van der Waals surface area contributed by atoms with Gasteiger partial charge >= 0.3 is 0 Å². The fourth-order valence-electron chi connectivity index (χ4n) is 4.83. The molecule has 0 N–H and O–H groups in total. The van der Waals surface area contributed by atoms with Crippen LogP contribution in [0.5, 0.6) is 5.75 Å². The number of nitrogens with zero attached hydrogens (tertiary/aromatic N) is 4. The standard InChI is InChI=1S/C24H30N4O5/c1-16-4-5-20-19(13-16)28(22(30)15-32-20)9-2-3-21(29)27-10-6-18(14-27)24-25-23(26-33-24)17-7-11-31-12-8-17/h4-5,13,17-18H,2-3,6-12,14-15H2,1H3. The van der Waals surface area contributed by atoms with Crippen LogP contribution in [0.15, 0.2) is 22.7 Å². The van der Waals surface area contributed by atoms with Crippen LogP contribution in [0, 0.1) is 6.92 Å². The third kappa shape index (κ3) is 4.73. The molecule has 0 saturated carbocycles. The third-order valence-electron chi connectivity index (χ3n) is 6.76. The van der Waals surface area contributed by atoms with Gasteiger partial charge in [0.05, 0.1) is 11.6 Å². The highest BCUT2D eigenvalue weighted by Crippen LogP contribution is 2.33. The molecule has 0 spiro atoms. The molecule has 3 aliphatic heterocycles. The molecule has 3 aliphatic rings. The first-order valence-electron chi connectivity index (χ1n) is 11.8. The summed E-state index contributed by atoms with van der Waals surface area (Å²) in [6, 6.07) is 5.82. The maximum atomic E-state index is 12.8. The summed E-state index contributed by atoms with van der Waals surface area (Å²) in [6.45, 7) is 5.30. The van der Waals surface area contributed by atoms with Crippen LogP contribution in [-0.2, 0) is 14.3 Å². The summed E-state index contributed by atoms with van der Waals surface area (Å²) in [6.07, 6.45) is 3.67. The van der Waals surface area contributed by atoms with Gasteiger partial charge in [0.15, 0.2) is 12.4 Å². The number of fused-ring (bicyclic) bond motifs is 1. The summed E-state index contributed by atoms with van der Waals surface area (Å²) in [4.78, 5) is 33.5. The first-order chi connectivity index (χ1) is 16.1. The molecule has 2 amide bonds. The molecule has 0 bridgehead atoms. The number of rotatable bonds is 6. The SMILES string of the molecule is Cc1ccc2c(c1)N(CCCC(=O)N1CCC(c3nc(C4CCOCC4)no3)C1)C(=O)CO2. The molecule has 5 rings (SSSR count). The van der Waals surface area contributed by atoms with E-state index in [1.54, 1.807) is 4.90 Å². The normalized spacial score (nSPS) is 21.2. The summed E-state index contributed by atoms with van der Waals surface area (Å²) in [5.74, 6) is 2.54. The van der Waals surface area contributed by atoms with Crippen LogP contribution >= 0.6 is 0 Å². The number of aromatic nitrogens is 2. The van der Waals surface area contributed by atoms with Crippen molar-refractivity contribution in [1.82, 2.24) is 15.0 Å². The summed E-state index contributed by atoms with van der Waals surface area (Å²) in [7, 11) is 0. The Bertz CT molecular complexity index is 1020. The van der Waals surface area contributed by atoms with Crippen LogP contribution in [0.1, 0.15) is 61.2 Å². The van der Waals surface area contributed by atoms with Crippen molar-refractivity contribution in [1.29, 1.82) is 0 Å². The number of carbonyl (C=O) groups is 2. The molecule has 9 heteroatoms. The van der Waals surface area contributed by atoms with Gasteiger partial charge in [-0.2, -0.15) is 4.98 Å². The van der Waals surface area contributed by atoms with Gasteiger partial charge in [0.2, 0.25) is 11.8 Å². The molecule has 176 valence electrons. The summed E-state index contributed by atoms with van der Waals surface area (Å²) >= 11 is 0. The lowest BCUT2D eigenvalue weighted by molar-refractivity contribution is -0.130. The van der Waals surface area contributed by atoms with E-state index in [9.17, 15) is 9.59 Å². The number of hydrogen-bond donors (Lipinski definition) is 0. The van der Waals surface area contributed by atoms with Gasteiger partial charge in [-0.15, -0.1) is 0 Å². The first-order valence-corrected chi connectivity index (χ1v) is 11.8. The Morgan fingerprint density at radius 3 is 2.88 bits per heavy atom. The quantitative estimate of drug-likeness (QED) is 0.662. The summed E-state index contributed by atoms with van der Waals surface area (Å²) in [5.41, 5.74) is 1.86. The van der Waals surface area contributed by atoms with E-state index in [0.717, 1.165) is 49.6 Å². The van der Waals surface area contributed by atoms with E-state index in [1.807, 2.05) is 30.0 Å². The molecule has 1 aromatic carbocycles. The lowest BCUT2D eigenvalue weighted by atomic mass is 10.00. The predicted molar refractivity (Wildman–Crippen MR) is 119 cm³/mol. The molecular formula is C24H30N4O5.